The molecule has 0 unspecified atom stereocenters. The molecule has 0 radical (unpaired) electrons. The van der Waals surface area contributed by atoms with Crippen LogP contribution in [-0.4, -0.2) is 41.7 Å². The molecule has 0 fully saturated rings. The first-order chi connectivity index (χ1) is 13.5. The van der Waals surface area contributed by atoms with Crippen LogP contribution >= 0.6 is 0 Å². The molecular weight excluding hydrogens is 356 g/mol. The van der Waals surface area contributed by atoms with Gasteiger partial charge in [0.2, 0.25) is 0 Å². The monoisotopic (exact) mass is 382 g/mol. The minimum atomic E-state index is -0.170. The Morgan fingerprint density at radius 2 is 1.82 bits per heavy atom. The van der Waals surface area contributed by atoms with Gasteiger partial charge < -0.3 is 24.3 Å². The van der Waals surface area contributed by atoms with E-state index < -0.39 is 0 Å². The van der Waals surface area contributed by atoms with E-state index in [0.29, 0.717) is 24.6 Å². The lowest BCUT2D eigenvalue weighted by atomic mass is 10.2. The Morgan fingerprint density at radius 1 is 1.14 bits per heavy atom. The molecule has 2 aromatic carbocycles. The Labute approximate surface area is 164 Å². The number of methoxy groups -OCH3 is 2. The Hall–Kier alpha value is -3.22. The van der Waals surface area contributed by atoms with Crippen LogP contribution in [0.3, 0.4) is 0 Å². The number of amides is 2. The number of carbonyl (C=O) groups excluding carboxylic acids is 1. The zero-order valence-corrected chi connectivity index (χ0v) is 16.7. The fourth-order valence-corrected chi connectivity index (χ4v) is 3.16. The summed E-state index contributed by atoms with van der Waals surface area (Å²) in [5, 5.41) is 2.93. The molecule has 7 heteroatoms. The second kappa shape index (κ2) is 8.65. The molecule has 7 nitrogen and oxygen atoms in total. The van der Waals surface area contributed by atoms with E-state index in [1.165, 1.54) is 0 Å². The van der Waals surface area contributed by atoms with Gasteiger partial charge >= 0.3 is 6.03 Å². The quantitative estimate of drug-likeness (QED) is 0.680. The summed E-state index contributed by atoms with van der Waals surface area (Å²) in [5.41, 5.74) is 2.92. The van der Waals surface area contributed by atoms with E-state index in [0.717, 1.165) is 29.0 Å². The van der Waals surface area contributed by atoms with Gasteiger partial charge in [-0.25, -0.2) is 9.78 Å². The van der Waals surface area contributed by atoms with E-state index in [-0.39, 0.29) is 6.03 Å². The summed E-state index contributed by atoms with van der Waals surface area (Å²) in [6, 6.07) is 13.4. The van der Waals surface area contributed by atoms with Gasteiger partial charge in [-0.2, -0.15) is 0 Å². The summed E-state index contributed by atoms with van der Waals surface area (Å²) in [7, 11) is 4.97. The fourth-order valence-electron chi connectivity index (χ4n) is 3.16. The number of rotatable bonds is 7. The SMILES string of the molecule is CCn1c(CN(C)C(=O)NCc2cc(OC)cc(OC)c2)nc2ccccc21. The summed E-state index contributed by atoms with van der Waals surface area (Å²) < 4.78 is 12.7. The van der Waals surface area contributed by atoms with Crippen molar-refractivity contribution in [2.75, 3.05) is 21.3 Å². The molecular formula is C21H26N4O3. The molecule has 1 aromatic heterocycles. The molecule has 2 amide bonds. The van der Waals surface area contributed by atoms with Crippen LogP contribution in [0.4, 0.5) is 4.79 Å². The first kappa shape index (κ1) is 19.5. The first-order valence-corrected chi connectivity index (χ1v) is 9.20. The molecule has 1 N–H and O–H groups in total. The third kappa shape index (κ3) is 4.19. The van der Waals surface area contributed by atoms with Crippen molar-refractivity contribution in [3.8, 4) is 11.5 Å². The normalized spacial score (nSPS) is 10.7. The summed E-state index contributed by atoms with van der Waals surface area (Å²) >= 11 is 0. The second-order valence-electron chi connectivity index (χ2n) is 6.50. The van der Waals surface area contributed by atoms with Crippen molar-refractivity contribution < 1.29 is 14.3 Å². The van der Waals surface area contributed by atoms with Gasteiger partial charge in [-0.15, -0.1) is 0 Å². The molecule has 0 saturated carbocycles. The smallest absolute Gasteiger partial charge is 0.317 e. The number of carbonyl (C=O) groups is 1. The van der Waals surface area contributed by atoms with Gasteiger partial charge in [0.15, 0.2) is 0 Å². The number of fused-ring (bicyclic) bond motifs is 1. The van der Waals surface area contributed by atoms with Crippen molar-refractivity contribution in [3.63, 3.8) is 0 Å². The molecule has 3 aromatic rings. The summed E-state index contributed by atoms with van der Waals surface area (Å²) in [6.45, 7) is 3.68. The highest BCUT2D eigenvalue weighted by molar-refractivity contribution is 5.76. The van der Waals surface area contributed by atoms with Gasteiger partial charge in [0.25, 0.3) is 0 Å². The van der Waals surface area contributed by atoms with E-state index in [1.54, 1.807) is 32.2 Å². The number of benzene rings is 2. The lowest BCUT2D eigenvalue weighted by molar-refractivity contribution is 0.204. The fraction of sp³-hybridized carbons (Fsp3) is 0.333. The Kier molecular flexibility index (Phi) is 6.03. The van der Waals surface area contributed by atoms with Crippen molar-refractivity contribution >= 4 is 17.1 Å². The van der Waals surface area contributed by atoms with Gasteiger partial charge in [0.1, 0.15) is 17.3 Å². The maximum absolute atomic E-state index is 12.6. The number of para-hydroxylation sites is 2. The molecule has 0 aliphatic carbocycles. The van der Waals surface area contributed by atoms with Crippen LogP contribution in [0.2, 0.25) is 0 Å². The Balaban J connectivity index is 1.67. The molecule has 0 saturated heterocycles. The van der Waals surface area contributed by atoms with E-state index in [9.17, 15) is 4.79 Å². The zero-order valence-electron chi connectivity index (χ0n) is 16.7. The molecule has 148 valence electrons. The first-order valence-electron chi connectivity index (χ1n) is 9.20. The molecule has 0 aliphatic heterocycles. The predicted molar refractivity (Wildman–Crippen MR) is 109 cm³/mol. The second-order valence-corrected chi connectivity index (χ2v) is 6.50. The molecule has 28 heavy (non-hydrogen) atoms. The molecule has 0 aliphatic rings. The highest BCUT2D eigenvalue weighted by atomic mass is 16.5. The van der Waals surface area contributed by atoms with Gasteiger partial charge in [-0.3, -0.25) is 0 Å². The maximum atomic E-state index is 12.6. The van der Waals surface area contributed by atoms with Crippen LogP contribution in [0.15, 0.2) is 42.5 Å². The van der Waals surface area contributed by atoms with Gasteiger partial charge in [-0.05, 0) is 36.8 Å². The van der Waals surface area contributed by atoms with Crippen LogP contribution in [0.25, 0.3) is 11.0 Å². The molecule has 0 bridgehead atoms. The van der Waals surface area contributed by atoms with Gasteiger partial charge in [0, 0.05) is 26.2 Å². The summed E-state index contributed by atoms with van der Waals surface area (Å²) in [5.74, 6) is 2.24. The van der Waals surface area contributed by atoms with Gasteiger partial charge in [0.05, 0.1) is 31.8 Å². The largest absolute Gasteiger partial charge is 0.497 e. The maximum Gasteiger partial charge on any atom is 0.317 e. The summed E-state index contributed by atoms with van der Waals surface area (Å²) in [4.78, 5) is 18.9. The third-order valence-corrected chi connectivity index (χ3v) is 4.63. The van der Waals surface area contributed by atoms with E-state index in [1.807, 2.05) is 36.4 Å². The average molecular weight is 382 g/mol. The average Bonchev–Trinajstić information content (AvgIpc) is 3.08. The molecule has 3 rings (SSSR count). The number of hydrogen-bond donors (Lipinski definition) is 1. The van der Waals surface area contributed by atoms with Crippen LogP contribution in [0, 0.1) is 0 Å². The van der Waals surface area contributed by atoms with Crippen molar-refractivity contribution in [2.45, 2.75) is 26.6 Å². The zero-order chi connectivity index (χ0) is 20.1. The predicted octanol–water partition coefficient (Wildman–Crippen LogP) is 3.42. The topological polar surface area (TPSA) is 68.6 Å². The van der Waals surface area contributed by atoms with E-state index in [4.69, 9.17) is 9.47 Å². The Bertz CT molecular complexity index is 945. The number of nitrogens with one attached hydrogen (secondary N) is 1. The number of hydrogen-bond acceptors (Lipinski definition) is 4. The van der Waals surface area contributed by atoms with Gasteiger partial charge in [-0.1, -0.05) is 12.1 Å². The molecule has 0 spiro atoms. The number of aromatic nitrogens is 2. The highest BCUT2D eigenvalue weighted by Gasteiger charge is 2.15. The Morgan fingerprint density at radius 3 is 2.46 bits per heavy atom. The highest BCUT2D eigenvalue weighted by Crippen LogP contribution is 2.22. The molecule has 1 heterocycles. The van der Waals surface area contributed by atoms with Crippen molar-refractivity contribution in [3.05, 3.63) is 53.9 Å². The number of imidazole rings is 1. The van der Waals surface area contributed by atoms with Crippen molar-refractivity contribution in [1.82, 2.24) is 19.8 Å². The molecule has 0 atom stereocenters. The number of nitrogens with zero attached hydrogens (tertiary/aromatic N) is 3. The van der Waals surface area contributed by atoms with Crippen molar-refractivity contribution in [1.29, 1.82) is 0 Å². The lowest BCUT2D eigenvalue weighted by Crippen LogP contribution is -2.37. The minimum absolute atomic E-state index is 0.170. The van der Waals surface area contributed by atoms with Crippen LogP contribution in [-0.2, 0) is 19.6 Å². The number of urea groups is 1. The standard InChI is InChI=1S/C21H26N4O3/c1-5-25-19-9-7-6-8-18(19)23-20(25)14-24(2)21(26)22-13-15-10-16(27-3)12-17(11-15)28-4/h6-12H,5,13-14H2,1-4H3,(H,22,26). The minimum Gasteiger partial charge on any atom is -0.497 e. The van der Waals surface area contributed by atoms with Crippen LogP contribution in [0.1, 0.15) is 18.3 Å². The number of ether oxygens (including phenoxy) is 2. The van der Waals surface area contributed by atoms with E-state index >= 15 is 0 Å². The third-order valence-electron chi connectivity index (χ3n) is 4.63. The number of aryl methyl sites for hydroxylation is 1. The summed E-state index contributed by atoms with van der Waals surface area (Å²) in [6.07, 6.45) is 0. The lowest BCUT2D eigenvalue weighted by Gasteiger charge is -2.18. The van der Waals surface area contributed by atoms with Crippen molar-refractivity contribution in [2.24, 2.45) is 0 Å². The van der Waals surface area contributed by atoms with Crippen LogP contribution in [0.5, 0.6) is 11.5 Å². The van der Waals surface area contributed by atoms with Crippen LogP contribution < -0.4 is 14.8 Å². The van der Waals surface area contributed by atoms with E-state index in [2.05, 4.69) is 21.8 Å².